The molecule has 0 N–H and O–H groups in total. The molecular formula is C49H31BN4O. The Bertz CT molecular complexity index is 3040. The number of rotatable bonds is 5. The van der Waals surface area contributed by atoms with Crippen molar-refractivity contribution in [3.63, 3.8) is 0 Å². The molecule has 5 nitrogen and oxygen atoms in total. The van der Waals surface area contributed by atoms with Crippen molar-refractivity contribution in [1.82, 2.24) is 14.1 Å². The summed E-state index contributed by atoms with van der Waals surface area (Å²) in [4.78, 5) is 7.63. The molecule has 2 aromatic heterocycles. The maximum absolute atomic E-state index is 7.21. The van der Waals surface area contributed by atoms with Crippen LogP contribution in [0.4, 0.5) is 17.1 Å². The van der Waals surface area contributed by atoms with Gasteiger partial charge >= 0.3 is 0 Å². The normalized spacial score (nSPS) is 12.5. The monoisotopic (exact) mass is 702 g/mol. The Labute approximate surface area is 318 Å². The second kappa shape index (κ2) is 11.6. The Hall–Kier alpha value is -7.31. The summed E-state index contributed by atoms with van der Waals surface area (Å²) in [6.07, 6.45) is 0. The smallest absolute Gasteiger partial charge is 0.256 e. The fourth-order valence-electron chi connectivity index (χ4n) is 9.08. The number of nitrogens with zero attached hydrogens (tertiary/aromatic N) is 4. The third kappa shape index (κ3) is 4.39. The second-order valence-electron chi connectivity index (χ2n) is 14.4. The van der Waals surface area contributed by atoms with Crippen molar-refractivity contribution >= 4 is 73.0 Å². The summed E-state index contributed by atoms with van der Waals surface area (Å²) in [6, 6.07) is 66.9. The van der Waals surface area contributed by atoms with Gasteiger partial charge in [-0.2, -0.15) is 0 Å². The number of fused-ring (bicyclic) bond motifs is 7. The van der Waals surface area contributed by atoms with Crippen molar-refractivity contribution in [2.75, 3.05) is 4.90 Å². The van der Waals surface area contributed by atoms with E-state index in [1.165, 1.54) is 16.2 Å². The lowest BCUT2D eigenvalue weighted by atomic mass is 9.34. The van der Waals surface area contributed by atoms with E-state index in [0.717, 1.165) is 84.3 Å². The van der Waals surface area contributed by atoms with Crippen LogP contribution in [0.25, 0.3) is 55.6 Å². The Morgan fingerprint density at radius 1 is 0.491 bits per heavy atom. The van der Waals surface area contributed by atoms with E-state index in [1.807, 2.05) is 0 Å². The van der Waals surface area contributed by atoms with E-state index in [0.29, 0.717) is 0 Å². The van der Waals surface area contributed by atoms with E-state index in [9.17, 15) is 0 Å². The molecule has 6 heteroatoms. The molecule has 0 atom stereocenters. The number of anilines is 3. The van der Waals surface area contributed by atoms with Gasteiger partial charge in [0, 0.05) is 51.2 Å². The fraction of sp³-hybridized carbons (Fsp3) is 0. The van der Waals surface area contributed by atoms with Crippen molar-refractivity contribution in [3.05, 3.63) is 188 Å². The van der Waals surface area contributed by atoms with Crippen LogP contribution in [0.1, 0.15) is 0 Å². The third-order valence-corrected chi connectivity index (χ3v) is 11.3. The van der Waals surface area contributed by atoms with E-state index in [-0.39, 0.29) is 6.71 Å². The van der Waals surface area contributed by atoms with Crippen LogP contribution in [0.2, 0.25) is 0 Å². The van der Waals surface area contributed by atoms with Crippen molar-refractivity contribution in [2.45, 2.75) is 0 Å². The molecule has 2 aliphatic heterocycles. The minimum Gasteiger partial charge on any atom is -0.458 e. The number of imidazole rings is 1. The van der Waals surface area contributed by atoms with Gasteiger partial charge in [0.1, 0.15) is 17.3 Å². The van der Waals surface area contributed by atoms with Gasteiger partial charge in [-0.1, -0.05) is 121 Å². The number of para-hydroxylation sites is 5. The zero-order valence-electron chi connectivity index (χ0n) is 29.7. The highest BCUT2D eigenvalue weighted by Crippen LogP contribution is 2.42. The molecule has 0 amide bonds. The Balaban J connectivity index is 1.15. The third-order valence-electron chi connectivity index (χ3n) is 11.3. The zero-order valence-corrected chi connectivity index (χ0v) is 29.7. The predicted molar refractivity (Wildman–Crippen MR) is 227 cm³/mol. The lowest BCUT2D eigenvalue weighted by Crippen LogP contribution is -2.58. The van der Waals surface area contributed by atoms with Gasteiger partial charge in [-0.3, -0.25) is 4.57 Å². The Kier molecular flexibility index (Phi) is 6.36. The average molecular weight is 703 g/mol. The number of hydrogen-bond donors (Lipinski definition) is 0. The van der Waals surface area contributed by atoms with E-state index in [1.54, 1.807) is 0 Å². The van der Waals surface area contributed by atoms with Crippen LogP contribution >= 0.6 is 0 Å². The number of benzene rings is 8. The number of hydrogen-bond acceptors (Lipinski definition) is 3. The Morgan fingerprint density at radius 3 is 1.82 bits per heavy atom. The van der Waals surface area contributed by atoms with Gasteiger partial charge < -0.3 is 14.2 Å². The summed E-state index contributed by atoms with van der Waals surface area (Å²) in [5.74, 6) is 2.63. The van der Waals surface area contributed by atoms with Gasteiger partial charge in [-0.15, -0.1) is 0 Å². The van der Waals surface area contributed by atoms with Crippen LogP contribution in [0.15, 0.2) is 188 Å². The first-order valence-electron chi connectivity index (χ1n) is 18.8. The standard InChI is InChI=1S/C49H31BN4O/c1-4-15-32(16-5-1)49-51-41-24-14-23-40-48(41)54(49)44-29-36(53-42-25-12-10-21-37(42)38-22-11-13-26-43(38)53)31-46-47(44)50(40)39-28-27-35(30-45(39)55-46)52(33-17-6-2-7-18-33)34-19-8-3-9-20-34/h1-31H. The highest BCUT2D eigenvalue weighted by molar-refractivity contribution is 6.99. The number of aromatic nitrogens is 3. The summed E-state index contributed by atoms with van der Waals surface area (Å²) in [5.41, 5.74) is 14.4. The summed E-state index contributed by atoms with van der Waals surface area (Å²) in [5, 5.41) is 2.45. The first-order chi connectivity index (χ1) is 27.3. The minimum atomic E-state index is -0.0478. The van der Waals surface area contributed by atoms with Crippen LogP contribution in [-0.2, 0) is 0 Å². The molecule has 256 valence electrons. The molecule has 0 unspecified atom stereocenters. The summed E-state index contributed by atoms with van der Waals surface area (Å²) in [7, 11) is 0. The highest BCUT2D eigenvalue weighted by Gasteiger charge is 2.41. The summed E-state index contributed by atoms with van der Waals surface area (Å²) < 4.78 is 12.0. The molecule has 0 spiro atoms. The van der Waals surface area contributed by atoms with Gasteiger partial charge in [0.15, 0.2) is 0 Å². The molecule has 0 saturated heterocycles. The minimum absolute atomic E-state index is 0.0478. The highest BCUT2D eigenvalue weighted by atomic mass is 16.5. The van der Waals surface area contributed by atoms with Crippen LogP contribution in [0.5, 0.6) is 11.5 Å². The molecule has 0 saturated carbocycles. The summed E-state index contributed by atoms with van der Waals surface area (Å²) >= 11 is 0. The molecule has 0 fully saturated rings. The van der Waals surface area contributed by atoms with Gasteiger partial charge in [0.25, 0.3) is 6.71 Å². The molecule has 0 radical (unpaired) electrons. The second-order valence-corrected chi connectivity index (χ2v) is 14.4. The lowest BCUT2D eigenvalue weighted by molar-refractivity contribution is 0.487. The van der Waals surface area contributed by atoms with Gasteiger partial charge in [0.2, 0.25) is 0 Å². The van der Waals surface area contributed by atoms with Gasteiger partial charge in [-0.25, -0.2) is 4.98 Å². The maximum atomic E-state index is 7.21. The average Bonchev–Trinajstić information content (AvgIpc) is 3.81. The first-order valence-corrected chi connectivity index (χ1v) is 18.8. The van der Waals surface area contributed by atoms with E-state index in [4.69, 9.17) is 9.72 Å². The number of ether oxygens (including phenoxy) is 1. The van der Waals surface area contributed by atoms with Crippen molar-refractivity contribution in [3.8, 4) is 34.3 Å². The van der Waals surface area contributed by atoms with E-state index < -0.39 is 0 Å². The topological polar surface area (TPSA) is 35.2 Å². The Morgan fingerprint density at radius 2 is 1.13 bits per heavy atom. The molecule has 8 aromatic carbocycles. The molecule has 12 rings (SSSR count). The van der Waals surface area contributed by atoms with Crippen molar-refractivity contribution in [2.24, 2.45) is 0 Å². The molecular weight excluding hydrogens is 671 g/mol. The summed E-state index contributed by atoms with van der Waals surface area (Å²) in [6.45, 7) is -0.0478. The lowest BCUT2D eigenvalue weighted by Gasteiger charge is -2.34. The molecule has 0 aliphatic carbocycles. The SMILES string of the molecule is c1ccc(-c2nc3cccc4c3n2-c2cc(-n3c5ccccc5c5ccccc53)cc3c2B4c2ccc(N(c4ccccc4)c4ccccc4)cc2O3)cc1. The molecule has 0 bridgehead atoms. The van der Waals surface area contributed by atoms with Crippen molar-refractivity contribution in [1.29, 1.82) is 0 Å². The largest absolute Gasteiger partial charge is 0.458 e. The first kappa shape index (κ1) is 30.2. The fourth-order valence-corrected chi connectivity index (χ4v) is 9.08. The van der Waals surface area contributed by atoms with Crippen LogP contribution in [-0.4, -0.2) is 20.8 Å². The van der Waals surface area contributed by atoms with Gasteiger partial charge in [0.05, 0.1) is 27.8 Å². The van der Waals surface area contributed by atoms with Gasteiger partial charge in [-0.05, 0) is 71.0 Å². The quantitative estimate of drug-likeness (QED) is 0.168. The van der Waals surface area contributed by atoms with E-state index >= 15 is 0 Å². The molecule has 2 aliphatic rings. The van der Waals surface area contributed by atoms with Crippen LogP contribution < -0.4 is 26.0 Å². The van der Waals surface area contributed by atoms with E-state index in [2.05, 4.69) is 202 Å². The van der Waals surface area contributed by atoms with Crippen LogP contribution in [0, 0.1) is 0 Å². The molecule has 10 aromatic rings. The zero-order chi connectivity index (χ0) is 36.0. The van der Waals surface area contributed by atoms with Crippen molar-refractivity contribution < 1.29 is 4.74 Å². The maximum Gasteiger partial charge on any atom is 0.256 e. The molecule has 55 heavy (non-hydrogen) atoms. The molecule has 4 heterocycles. The van der Waals surface area contributed by atoms with Crippen LogP contribution in [0.3, 0.4) is 0 Å². The predicted octanol–water partition coefficient (Wildman–Crippen LogP) is 10.2.